The lowest BCUT2D eigenvalue weighted by Crippen LogP contribution is -2.49. The first-order valence-corrected chi connectivity index (χ1v) is 8.62. The van der Waals surface area contributed by atoms with Crippen LogP contribution in [0.4, 0.5) is 4.79 Å². The third kappa shape index (κ3) is 5.12. The number of alkyl carbamates (subject to hydrolysis) is 1. The topological polar surface area (TPSA) is 72.4 Å². The molecule has 1 atom stereocenters. The normalized spacial score (nSPS) is 12.5. The van der Waals surface area contributed by atoms with Gasteiger partial charge in [-0.15, -0.1) is 6.58 Å². The van der Waals surface area contributed by atoms with Gasteiger partial charge in [-0.05, 0) is 32.4 Å². The van der Waals surface area contributed by atoms with Gasteiger partial charge in [0.2, 0.25) is 5.91 Å². The molecule has 2 amide bonds. The lowest BCUT2D eigenvalue weighted by molar-refractivity contribution is -0.122. The van der Waals surface area contributed by atoms with Crippen LogP contribution in [0.3, 0.4) is 0 Å². The molecule has 0 radical (unpaired) electrons. The minimum absolute atomic E-state index is 0.274. The Labute approximate surface area is 154 Å². The number of nitrogens with zero attached hydrogens (tertiary/aromatic N) is 1. The summed E-state index contributed by atoms with van der Waals surface area (Å²) in [4.78, 5) is 24.7. The van der Waals surface area contributed by atoms with E-state index in [1.54, 1.807) is 26.8 Å². The number of para-hydroxylation sites is 1. The van der Waals surface area contributed by atoms with Gasteiger partial charge < -0.3 is 19.9 Å². The summed E-state index contributed by atoms with van der Waals surface area (Å²) in [5.74, 6) is -0.274. The Balaban J connectivity index is 2.23. The second kappa shape index (κ2) is 8.08. The zero-order chi connectivity index (χ0) is 19.3. The van der Waals surface area contributed by atoms with Crippen LogP contribution in [0.1, 0.15) is 26.3 Å². The Morgan fingerprint density at radius 2 is 2.00 bits per heavy atom. The average Bonchev–Trinajstić information content (AvgIpc) is 2.87. The van der Waals surface area contributed by atoms with Gasteiger partial charge in [0.1, 0.15) is 11.6 Å². The molecule has 0 saturated carbocycles. The number of hydrogen-bond acceptors (Lipinski definition) is 3. The van der Waals surface area contributed by atoms with E-state index in [0.29, 0.717) is 13.0 Å². The van der Waals surface area contributed by atoms with Crippen LogP contribution in [-0.2, 0) is 23.0 Å². The highest BCUT2D eigenvalue weighted by molar-refractivity contribution is 5.88. The van der Waals surface area contributed by atoms with E-state index in [1.807, 2.05) is 42.1 Å². The first-order chi connectivity index (χ1) is 12.2. The van der Waals surface area contributed by atoms with E-state index in [1.165, 1.54) is 0 Å². The smallest absolute Gasteiger partial charge is 0.408 e. The van der Waals surface area contributed by atoms with E-state index < -0.39 is 17.7 Å². The summed E-state index contributed by atoms with van der Waals surface area (Å²) in [6.45, 7) is 9.28. The maximum atomic E-state index is 12.5. The fourth-order valence-corrected chi connectivity index (χ4v) is 2.76. The Morgan fingerprint density at radius 1 is 1.31 bits per heavy atom. The fraction of sp³-hybridized carbons (Fsp3) is 0.400. The molecular formula is C20H27N3O3. The van der Waals surface area contributed by atoms with Crippen molar-refractivity contribution in [3.05, 3.63) is 48.7 Å². The lowest BCUT2D eigenvalue weighted by atomic mass is 10.0. The van der Waals surface area contributed by atoms with Crippen molar-refractivity contribution in [1.29, 1.82) is 0 Å². The summed E-state index contributed by atoms with van der Waals surface area (Å²) in [5.41, 5.74) is 1.43. The number of ether oxygens (including phenoxy) is 1. The minimum atomic E-state index is -0.740. The van der Waals surface area contributed by atoms with Crippen LogP contribution >= 0.6 is 0 Å². The predicted octanol–water partition coefficient (Wildman–Crippen LogP) is 2.92. The molecule has 6 heteroatoms. The van der Waals surface area contributed by atoms with E-state index in [4.69, 9.17) is 4.74 Å². The van der Waals surface area contributed by atoms with Crippen molar-refractivity contribution in [2.45, 2.75) is 38.8 Å². The molecule has 1 aromatic heterocycles. The highest BCUT2D eigenvalue weighted by atomic mass is 16.6. The van der Waals surface area contributed by atoms with Crippen LogP contribution in [-0.4, -0.2) is 34.8 Å². The maximum Gasteiger partial charge on any atom is 0.408 e. The number of rotatable bonds is 6. The standard InChI is InChI=1S/C20H27N3O3/c1-6-11-21-18(24)16(22-19(25)26-20(2,3)4)12-14-13-23(5)17-10-8-7-9-15(14)17/h6-10,13,16H,1,11-12H2,2-5H3,(H,21,24)(H,22,25)/t16-/m1/s1. The second-order valence-electron chi connectivity index (χ2n) is 7.22. The van der Waals surface area contributed by atoms with Crippen molar-refractivity contribution in [2.75, 3.05) is 6.54 Å². The van der Waals surface area contributed by atoms with Crippen LogP contribution in [0.2, 0.25) is 0 Å². The van der Waals surface area contributed by atoms with Crippen molar-refractivity contribution in [1.82, 2.24) is 15.2 Å². The van der Waals surface area contributed by atoms with Gasteiger partial charge in [0.05, 0.1) is 0 Å². The minimum Gasteiger partial charge on any atom is -0.444 e. The zero-order valence-electron chi connectivity index (χ0n) is 15.8. The SMILES string of the molecule is C=CCNC(=O)[C@@H](Cc1cn(C)c2ccccc12)NC(=O)OC(C)(C)C. The van der Waals surface area contributed by atoms with Crippen molar-refractivity contribution in [2.24, 2.45) is 7.05 Å². The zero-order valence-corrected chi connectivity index (χ0v) is 15.8. The van der Waals surface area contributed by atoms with E-state index in [-0.39, 0.29) is 5.91 Å². The molecule has 0 aliphatic carbocycles. The number of aryl methyl sites for hydroxylation is 1. The third-order valence-electron chi connectivity index (χ3n) is 3.83. The molecule has 0 spiro atoms. The van der Waals surface area contributed by atoms with Crippen LogP contribution in [0.5, 0.6) is 0 Å². The van der Waals surface area contributed by atoms with E-state index in [0.717, 1.165) is 16.5 Å². The molecule has 2 rings (SSSR count). The molecule has 0 fully saturated rings. The van der Waals surface area contributed by atoms with Crippen molar-refractivity contribution < 1.29 is 14.3 Å². The van der Waals surface area contributed by atoms with Crippen molar-refractivity contribution in [3.63, 3.8) is 0 Å². The molecule has 6 nitrogen and oxygen atoms in total. The van der Waals surface area contributed by atoms with Gasteiger partial charge in [-0.2, -0.15) is 0 Å². The number of nitrogens with one attached hydrogen (secondary N) is 2. The Bertz CT molecular complexity index is 802. The molecule has 0 bridgehead atoms. The monoisotopic (exact) mass is 357 g/mol. The Kier molecular flexibility index (Phi) is 6.08. The number of amides is 2. The van der Waals surface area contributed by atoms with Crippen LogP contribution < -0.4 is 10.6 Å². The summed E-state index contributed by atoms with van der Waals surface area (Å²) >= 11 is 0. The fourth-order valence-electron chi connectivity index (χ4n) is 2.76. The Hall–Kier alpha value is -2.76. The summed E-state index contributed by atoms with van der Waals surface area (Å²) in [6, 6.07) is 7.22. The molecular weight excluding hydrogens is 330 g/mol. The van der Waals surface area contributed by atoms with E-state index in [9.17, 15) is 9.59 Å². The molecule has 0 aliphatic heterocycles. The average molecular weight is 357 g/mol. The third-order valence-corrected chi connectivity index (χ3v) is 3.83. The Morgan fingerprint density at radius 3 is 2.65 bits per heavy atom. The summed E-state index contributed by atoms with van der Waals surface area (Å²) < 4.78 is 7.31. The van der Waals surface area contributed by atoms with E-state index in [2.05, 4.69) is 17.2 Å². The predicted molar refractivity (Wildman–Crippen MR) is 103 cm³/mol. The van der Waals surface area contributed by atoms with Crippen LogP contribution in [0, 0.1) is 0 Å². The number of aromatic nitrogens is 1. The van der Waals surface area contributed by atoms with Gasteiger partial charge in [0.25, 0.3) is 0 Å². The second-order valence-corrected chi connectivity index (χ2v) is 7.22. The van der Waals surface area contributed by atoms with Gasteiger partial charge in [0, 0.05) is 37.1 Å². The highest BCUT2D eigenvalue weighted by Crippen LogP contribution is 2.21. The number of benzene rings is 1. The van der Waals surface area contributed by atoms with Crippen molar-refractivity contribution in [3.8, 4) is 0 Å². The van der Waals surface area contributed by atoms with Gasteiger partial charge >= 0.3 is 6.09 Å². The van der Waals surface area contributed by atoms with Gasteiger partial charge in [-0.3, -0.25) is 4.79 Å². The molecule has 140 valence electrons. The molecule has 1 aromatic carbocycles. The molecule has 0 aliphatic rings. The summed E-state index contributed by atoms with van der Waals surface area (Å²) in [6.07, 6.45) is 3.33. The molecule has 0 unspecified atom stereocenters. The van der Waals surface area contributed by atoms with Crippen LogP contribution in [0.15, 0.2) is 43.1 Å². The largest absolute Gasteiger partial charge is 0.444 e. The quantitative estimate of drug-likeness (QED) is 0.781. The number of carbonyl (C=O) groups is 2. The molecule has 2 aromatic rings. The highest BCUT2D eigenvalue weighted by Gasteiger charge is 2.25. The van der Waals surface area contributed by atoms with Crippen LogP contribution in [0.25, 0.3) is 10.9 Å². The maximum absolute atomic E-state index is 12.5. The van der Waals surface area contributed by atoms with Gasteiger partial charge in [-0.25, -0.2) is 4.79 Å². The summed E-state index contributed by atoms with van der Waals surface area (Å²) in [5, 5.41) is 6.49. The van der Waals surface area contributed by atoms with Crippen molar-refractivity contribution >= 4 is 22.9 Å². The van der Waals surface area contributed by atoms with Gasteiger partial charge in [-0.1, -0.05) is 24.3 Å². The molecule has 0 saturated heterocycles. The molecule has 2 N–H and O–H groups in total. The molecule has 1 heterocycles. The number of hydrogen-bond donors (Lipinski definition) is 2. The number of carbonyl (C=O) groups excluding carboxylic acids is 2. The summed E-state index contributed by atoms with van der Waals surface area (Å²) in [7, 11) is 1.96. The van der Waals surface area contributed by atoms with Gasteiger partial charge in [0.15, 0.2) is 0 Å². The first-order valence-electron chi connectivity index (χ1n) is 8.62. The first kappa shape index (κ1) is 19.6. The van der Waals surface area contributed by atoms with E-state index >= 15 is 0 Å². The lowest BCUT2D eigenvalue weighted by Gasteiger charge is -2.23. The number of fused-ring (bicyclic) bond motifs is 1. The molecule has 26 heavy (non-hydrogen) atoms.